The number of carbonyl (C=O) groups is 2. The van der Waals surface area contributed by atoms with Crippen molar-refractivity contribution in [2.75, 3.05) is 11.9 Å². The molecule has 1 aromatic carbocycles. The van der Waals surface area contributed by atoms with Crippen LogP contribution in [0.1, 0.15) is 32.8 Å². The summed E-state index contributed by atoms with van der Waals surface area (Å²) in [6.07, 6.45) is 0.710. The third kappa shape index (κ3) is 4.00. The van der Waals surface area contributed by atoms with Crippen LogP contribution in [0, 0.1) is 0 Å². The van der Waals surface area contributed by atoms with E-state index in [4.69, 9.17) is 4.74 Å². The van der Waals surface area contributed by atoms with Crippen LogP contribution in [0.5, 0.6) is 0 Å². The van der Waals surface area contributed by atoms with Gasteiger partial charge in [0, 0.05) is 17.2 Å². The number of hydrogen-bond donors (Lipinski definition) is 1. The van der Waals surface area contributed by atoms with Crippen molar-refractivity contribution in [1.82, 2.24) is 5.32 Å². The van der Waals surface area contributed by atoms with E-state index in [0.717, 1.165) is 22.1 Å². The molecule has 0 aromatic heterocycles. The molecule has 5 nitrogen and oxygen atoms in total. The first kappa shape index (κ1) is 16.8. The summed E-state index contributed by atoms with van der Waals surface area (Å²) in [5.74, 6) is -0.136. The van der Waals surface area contributed by atoms with Crippen molar-refractivity contribution in [3.8, 4) is 0 Å². The minimum Gasteiger partial charge on any atom is -0.444 e. The fraction of sp³-hybridized carbons (Fsp3) is 0.500. The van der Waals surface area contributed by atoms with Gasteiger partial charge in [-0.25, -0.2) is 4.79 Å². The highest BCUT2D eigenvalue weighted by atomic mass is 79.9. The average Bonchev–Trinajstić information content (AvgIpc) is 2.50. The molecule has 22 heavy (non-hydrogen) atoms. The number of carbonyl (C=O) groups excluding carboxylic acids is 2. The molecule has 2 rings (SSSR count). The second-order valence-corrected chi connectivity index (χ2v) is 7.32. The fourth-order valence-electron chi connectivity index (χ4n) is 2.42. The van der Waals surface area contributed by atoms with E-state index in [-0.39, 0.29) is 5.91 Å². The van der Waals surface area contributed by atoms with Crippen molar-refractivity contribution in [3.05, 3.63) is 28.2 Å². The van der Waals surface area contributed by atoms with Crippen LogP contribution < -0.4 is 10.2 Å². The molecule has 0 unspecified atom stereocenters. The van der Waals surface area contributed by atoms with Crippen LogP contribution in [-0.4, -0.2) is 30.7 Å². The van der Waals surface area contributed by atoms with Crippen LogP contribution in [-0.2, 0) is 16.0 Å². The van der Waals surface area contributed by atoms with Crippen molar-refractivity contribution >= 4 is 33.6 Å². The summed E-state index contributed by atoms with van der Waals surface area (Å²) in [7, 11) is 1.72. The molecule has 0 saturated carbocycles. The number of anilines is 1. The number of nitrogens with zero attached hydrogens (tertiary/aromatic N) is 1. The highest BCUT2D eigenvalue weighted by Crippen LogP contribution is 2.29. The van der Waals surface area contributed by atoms with Gasteiger partial charge in [-0.1, -0.05) is 22.0 Å². The number of aryl methyl sites for hydroxylation is 1. The number of likely N-dealkylation sites (N-methyl/N-ethyl adjacent to an activating group) is 1. The predicted octanol–water partition coefficient (Wildman–Crippen LogP) is 3.25. The number of hydrogen-bond acceptors (Lipinski definition) is 3. The highest BCUT2D eigenvalue weighted by molar-refractivity contribution is 9.10. The smallest absolute Gasteiger partial charge is 0.408 e. The maximum atomic E-state index is 12.6. The van der Waals surface area contributed by atoms with Gasteiger partial charge in [0.1, 0.15) is 11.6 Å². The maximum Gasteiger partial charge on any atom is 0.408 e. The Kier molecular flexibility index (Phi) is 4.80. The van der Waals surface area contributed by atoms with Crippen molar-refractivity contribution < 1.29 is 14.3 Å². The molecule has 1 atom stereocenters. The van der Waals surface area contributed by atoms with Crippen LogP contribution in [0.4, 0.5) is 10.5 Å². The standard InChI is InChI=1S/C16H21BrN2O3/c1-16(2,3)22-15(21)18-12-8-6-10-5-7-11(17)9-13(10)19(4)14(12)20/h5,7,9,12H,6,8H2,1-4H3,(H,18,21)/t12-/m0/s1. The average molecular weight is 369 g/mol. The van der Waals surface area contributed by atoms with Gasteiger partial charge in [-0.15, -0.1) is 0 Å². The molecule has 6 heteroatoms. The summed E-state index contributed by atoms with van der Waals surface area (Å²) >= 11 is 3.42. The van der Waals surface area contributed by atoms with Gasteiger partial charge in [0.25, 0.3) is 0 Å². The summed E-state index contributed by atoms with van der Waals surface area (Å²) in [4.78, 5) is 26.1. The van der Waals surface area contributed by atoms with Crippen molar-refractivity contribution in [1.29, 1.82) is 0 Å². The zero-order chi connectivity index (χ0) is 16.5. The molecule has 0 fully saturated rings. The molecular weight excluding hydrogens is 348 g/mol. The van der Waals surface area contributed by atoms with Gasteiger partial charge in [0.05, 0.1) is 0 Å². The topological polar surface area (TPSA) is 58.6 Å². The quantitative estimate of drug-likeness (QED) is 0.827. The first-order valence-electron chi connectivity index (χ1n) is 7.23. The fourth-order valence-corrected chi connectivity index (χ4v) is 2.77. The predicted molar refractivity (Wildman–Crippen MR) is 89.0 cm³/mol. The Labute approximate surface area is 139 Å². The SMILES string of the molecule is CN1C(=O)[C@@H](NC(=O)OC(C)(C)C)CCc2ccc(Br)cc21. The Morgan fingerprint density at radius 1 is 1.41 bits per heavy atom. The molecule has 120 valence electrons. The molecule has 1 N–H and O–H groups in total. The van der Waals surface area contributed by atoms with E-state index in [1.165, 1.54) is 0 Å². The van der Waals surface area contributed by atoms with Crippen LogP contribution in [0.2, 0.25) is 0 Å². The first-order valence-corrected chi connectivity index (χ1v) is 8.02. The Bertz CT molecular complexity index is 596. The molecule has 1 aliphatic rings. The van der Waals surface area contributed by atoms with Gasteiger partial charge in [-0.3, -0.25) is 4.79 Å². The van der Waals surface area contributed by atoms with Gasteiger partial charge >= 0.3 is 6.09 Å². The number of benzene rings is 1. The maximum absolute atomic E-state index is 12.6. The lowest BCUT2D eigenvalue weighted by Crippen LogP contribution is -2.48. The zero-order valence-corrected chi connectivity index (χ0v) is 14.9. The highest BCUT2D eigenvalue weighted by Gasteiger charge is 2.30. The third-order valence-corrected chi connectivity index (χ3v) is 3.92. The lowest BCUT2D eigenvalue weighted by Gasteiger charge is -2.24. The molecule has 0 spiro atoms. The van der Waals surface area contributed by atoms with E-state index in [0.29, 0.717) is 6.42 Å². The number of rotatable bonds is 1. The third-order valence-electron chi connectivity index (χ3n) is 3.43. The van der Waals surface area contributed by atoms with Gasteiger partial charge in [-0.05, 0) is 51.3 Å². The minimum atomic E-state index is -0.586. The van der Waals surface area contributed by atoms with E-state index in [1.807, 2.05) is 18.2 Å². The summed E-state index contributed by atoms with van der Waals surface area (Å²) in [5, 5.41) is 2.68. The molecule has 0 radical (unpaired) electrons. The van der Waals surface area contributed by atoms with Gasteiger partial charge in [0.2, 0.25) is 5.91 Å². The number of ether oxygens (including phenoxy) is 1. The monoisotopic (exact) mass is 368 g/mol. The van der Waals surface area contributed by atoms with E-state index in [1.54, 1.807) is 32.7 Å². The Balaban J connectivity index is 2.15. The number of alkyl carbamates (subject to hydrolysis) is 1. The number of nitrogens with one attached hydrogen (secondary N) is 1. The lowest BCUT2D eigenvalue weighted by molar-refractivity contribution is -0.120. The molecule has 0 bridgehead atoms. The van der Waals surface area contributed by atoms with Crippen LogP contribution in [0.15, 0.2) is 22.7 Å². The van der Waals surface area contributed by atoms with Crippen molar-refractivity contribution in [2.24, 2.45) is 0 Å². The zero-order valence-electron chi connectivity index (χ0n) is 13.3. The van der Waals surface area contributed by atoms with Crippen molar-refractivity contribution in [2.45, 2.75) is 45.3 Å². The van der Waals surface area contributed by atoms with E-state index >= 15 is 0 Å². The summed E-state index contributed by atoms with van der Waals surface area (Å²) in [6, 6.07) is 5.30. The van der Waals surface area contributed by atoms with E-state index in [9.17, 15) is 9.59 Å². The van der Waals surface area contributed by atoms with E-state index in [2.05, 4.69) is 21.2 Å². The minimum absolute atomic E-state index is 0.136. The normalized spacial score (nSPS) is 18.5. The summed E-state index contributed by atoms with van der Waals surface area (Å²) < 4.78 is 6.15. The molecule has 1 heterocycles. The Hall–Kier alpha value is -1.56. The molecule has 0 aliphatic carbocycles. The Morgan fingerprint density at radius 3 is 2.73 bits per heavy atom. The molecule has 2 amide bonds. The molecule has 0 saturated heterocycles. The number of fused-ring (bicyclic) bond motifs is 1. The van der Waals surface area contributed by atoms with Gasteiger partial charge < -0.3 is 15.0 Å². The number of amides is 2. The van der Waals surface area contributed by atoms with Gasteiger partial charge in [-0.2, -0.15) is 0 Å². The molecular formula is C16H21BrN2O3. The lowest BCUT2D eigenvalue weighted by atomic mass is 10.1. The Morgan fingerprint density at radius 2 is 2.09 bits per heavy atom. The first-order chi connectivity index (χ1) is 10.2. The van der Waals surface area contributed by atoms with Crippen LogP contribution in [0.25, 0.3) is 0 Å². The second-order valence-electron chi connectivity index (χ2n) is 6.41. The summed E-state index contributed by atoms with van der Waals surface area (Å²) in [6.45, 7) is 5.38. The van der Waals surface area contributed by atoms with Crippen LogP contribution >= 0.6 is 15.9 Å². The summed E-state index contributed by atoms with van der Waals surface area (Å²) in [5.41, 5.74) is 1.37. The largest absolute Gasteiger partial charge is 0.444 e. The number of halogens is 1. The molecule has 1 aliphatic heterocycles. The van der Waals surface area contributed by atoms with Crippen LogP contribution in [0.3, 0.4) is 0 Å². The molecule has 1 aromatic rings. The van der Waals surface area contributed by atoms with Crippen molar-refractivity contribution in [3.63, 3.8) is 0 Å². The van der Waals surface area contributed by atoms with E-state index < -0.39 is 17.7 Å². The van der Waals surface area contributed by atoms with Gasteiger partial charge in [0.15, 0.2) is 0 Å². The second kappa shape index (κ2) is 6.28.